The van der Waals surface area contributed by atoms with Crippen molar-refractivity contribution in [3.63, 3.8) is 0 Å². The van der Waals surface area contributed by atoms with E-state index in [0.29, 0.717) is 10.6 Å². The Bertz CT molecular complexity index is 906. The zero-order valence-corrected chi connectivity index (χ0v) is 16.0. The van der Waals surface area contributed by atoms with Crippen LogP contribution < -0.4 is 5.32 Å². The van der Waals surface area contributed by atoms with Gasteiger partial charge in [0.15, 0.2) is 0 Å². The molecule has 1 amide bonds. The number of carbonyl (C=O) groups excluding carboxylic acids is 1. The van der Waals surface area contributed by atoms with Crippen molar-refractivity contribution >= 4 is 23.2 Å². The molecule has 2 nitrogen and oxygen atoms in total. The third-order valence-electron chi connectivity index (χ3n) is 4.34. The first-order valence-corrected chi connectivity index (χ1v) is 8.99. The maximum absolute atomic E-state index is 12.7. The van der Waals surface area contributed by atoms with Gasteiger partial charge in [0.1, 0.15) is 0 Å². The quantitative estimate of drug-likeness (QED) is 0.561. The minimum atomic E-state index is -0.119. The third-order valence-corrected chi connectivity index (χ3v) is 4.60. The van der Waals surface area contributed by atoms with Gasteiger partial charge in [0.2, 0.25) is 0 Å². The lowest BCUT2D eigenvalue weighted by molar-refractivity contribution is 0.102. The van der Waals surface area contributed by atoms with Crippen molar-refractivity contribution in [3.8, 4) is 11.1 Å². The second kappa shape index (κ2) is 7.35. The summed E-state index contributed by atoms with van der Waals surface area (Å²) in [4.78, 5) is 12.7. The van der Waals surface area contributed by atoms with Crippen LogP contribution >= 0.6 is 11.6 Å². The number of amides is 1. The van der Waals surface area contributed by atoms with Crippen LogP contribution in [0.2, 0.25) is 5.02 Å². The largest absolute Gasteiger partial charge is 0.321 e. The van der Waals surface area contributed by atoms with E-state index in [9.17, 15) is 4.79 Å². The Morgan fingerprint density at radius 3 is 2.08 bits per heavy atom. The number of halogens is 1. The summed E-state index contributed by atoms with van der Waals surface area (Å²) in [5, 5.41) is 3.72. The molecule has 0 aliphatic carbocycles. The molecule has 132 valence electrons. The highest BCUT2D eigenvalue weighted by atomic mass is 35.5. The zero-order valence-electron chi connectivity index (χ0n) is 15.2. The number of benzene rings is 3. The van der Waals surface area contributed by atoms with Gasteiger partial charge in [0.25, 0.3) is 5.91 Å². The average Bonchev–Trinajstić information content (AvgIpc) is 2.62. The average molecular weight is 364 g/mol. The normalized spacial score (nSPS) is 11.2. The smallest absolute Gasteiger partial charge is 0.255 e. The van der Waals surface area contributed by atoms with E-state index in [-0.39, 0.29) is 11.3 Å². The second-order valence-electron chi connectivity index (χ2n) is 7.33. The van der Waals surface area contributed by atoms with Gasteiger partial charge in [-0.15, -0.1) is 0 Å². The Labute approximate surface area is 159 Å². The van der Waals surface area contributed by atoms with Gasteiger partial charge in [-0.25, -0.2) is 0 Å². The summed E-state index contributed by atoms with van der Waals surface area (Å²) >= 11 is 5.98. The van der Waals surface area contributed by atoms with Crippen molar-refractivity contribution in [2.24, 2.45) is 0 Å². The van der Waals surface area contributed by atoms with E-state index in [1.165, 1.54) is 5.56 Å². The molecule has 26 heavy (non-hydrogen) atoms. The van der Waals surface area contributed by atoms with E-state index in [4.69, 9.17) is 11.6 Å². The van der Waals surface area contributed by atoms with Gasteiger partial charge in [0, 0.05) is 21.8 Å². The summed E-state index contributed by atoms with van der Waals surface area (Å²) in [6, 6.07) is 23.1. The molecule has 0 heterocycles. The SMILES string of the molecule is CC(C)(C)c1ccc(C(=O)Nc2ccccc2-c2ccc(Cl)cc2)cc1. The van der Waals surface area contributed by atoms with Gasteiger partial charge in [0.05, 0.1) is 0 Å². The highest BCUT2D eigenvalue weighted by molar-refractivity contribution is 6.30. The van der Waals surface area contributed by atoms with Crippen molar-refractivity contribution in [2.75, 3.05) is 5.32 Å². The van der Waals surface area contributed by atoms with Crippen molar-refractivity contribution in [1.29, 1.82) is 0 Å². The van der Waals surface area contributed by atoms with Crippen LogP contribution in [-0.2, 0) is 5.41 Å². The van der Waals surface area contributed by atoms with Crippen LogP contribution in [-0.4, -0.2) is 5.91 Å². The topological polar surface area (TPSA) is 29.1 Å². The van der Waals surface area contributed by atoms with Crippen molar-refractivity contribution in [1.82, 2.24) is 0 Å². The number of anilines is 1. The maximum Gasteiger partial charge on any atom is 0.255 e. The molecule has 3 heteroatoms. The lowest BCUT2D eigenvalue weighted by Crippen LogP contribution is -2.14. The molecule has 3 rings (SSSR count). The first kappa shape index (κ1) is 18.2. The van der Waals surface area contributed by atoms with E-state index >= 15 is 0 Å². The molecule has 0 saturated heterocycles. The second-order valence-corrected chi connectivity index (χ2v) is 7.77. The predicted octanol–water partition coefficient (Wildman–Crippen LogP) is 6.56. The molecule has 0 aliphatic rings. The summed E-state index contributed by atoms with van der Waals surface area (Å²) < 4.78 is 0. The maximum atomic E-state index is 12.7. The number of rotatable bonds is 3. The summed E-state index contributed by atoms with van der Waals surface area (Å²) in [5.41, 5.74) is 4.66. The minimum absolute atomic E-state index is 0.0657. The van der Waals surface area contributed by atoms with Gasteiger partial charge in [-0.2, -0.15) is 0 Å². The lowest BCUT2D eigenvalue weighted by Gasteiger charge is -2.19. The molecule has 3 aromatic rings. The molecule has 0 spiro atoms. The molecule has 0 atom stereocenters. The van der Waals surface area contributed by atoms with Crippen LogP contribution in [0, 0.1) is 0 Å². The summed E-state index contributed by atoms with van der Waals surface area (Å²) in [7, 11) is 0. The van der Waals surface area contributed by atoms with Crippen LogP contribution in [0.1, 0.15) is 36.7 Å². The fourth-order valence-corrected chi connectivity index (χ4v) is 2.92. The molecule has 0 fully saturated rings. The molecular weight excluding hydrogens is 342 g/mol. The fourth-order valence-electron chi connectivity index (χ4n) is 2.79. The van der Waals surface area contributed by atoms with E-state index in [0.717, 1.165) is 16.8 Å². The van der Waals surface area contributed by atoms with E-state index in [2.05, 4.69) is 26.1 Å². The third kappa shape index (κ3) is 4.14. The Hall–Kier alpha value is -2.58. The lowest BCUT2D eigenvalue weighted by atomic mass is 9.86. The molecule has 0 radical (unpaired) electrons. The highest BCUT2D eigenvalue weighted by Crippen LogP contribution is 2.29. The van der Waals surface area contributed by atoms with Gasteiger partial charge in [-0.1, -0.05) is 74.8 Å². The van der Waals surface area contributed by atoms with E-state index < -0.39 is 0 Å². The molecule has 1 N–H and O–H groups in total. The number of hydrogen-bond acceptors (Lipinski definition) is 1. The van der Waals surface area contributed by atoms with E-state index in [1.807, 2.05) is 72.8 Å². The molecule has 3 aromatic carbocycles. The Kier molecular flexibility index (Phi) is 5.15. The van der Waals surface area contributed by atoms with Crippen molar-refractivity contribution in [2.45, 2.75) is 26.2 Å². The fraction of sp³-hybridized carbons (Fsp3) is 0.174. The number of hydrogen-bond donors (Lipinski definition) is 1. The zero-order chi connectivity index (χ0) is 18.7. The monoisotopic (exact) mass is 363 g/mol. The number of para-hydroxylation sites is 1. The molecule has 0 aliphatic heterocycles. The van der Waals surface area contributed by atoms with Crippen LogP contribution in [0.5, 0.6) is 0 Å². The standard InChI is InChI=1S/C23H22ClNO/c1-23(2,3)18-12-8-17(9-13-18)22(26)25-21-7-5-4-6-20(21)16-10-14-19(24)15-11-16/h4-15H,1-3H3,(H,25,26). The first-order chi connectivity index (χ1) is 12.3. The molecular formula is C23H22ClNO. The number of nitrogens with one attached hydrogen (secondary N) is 1. The first-order valence-electron chi connectivity index (χ1n) is 8.61. The van der Waals surface area contributed by atoms with Gasteiger partial charge in [-0.3, -0.25) is 4.79 Å². The predicted molar refractivity (Wildman–Crippen MR) is 110 cm³/mol. The van der Waals surface area contributed by atoms with Gasteiger partial charge < -0.3 is 5.32 Å². The van der Waals surface area contributed by atoms with Gasteiger partial charge in [-0.05, 0) is 46.9 Å². The van der Waals surface area contributed by atoms with Crippen LogP contribution in [0.4, 0.5) is 5.69 Å². The van der Waals surface area contributed by atoms with Crippen molar-refractivity contribution in [3.05, 3.63) is 88.9 Å². The minimum Gasteiger partial charge on any atom is -0.321 e. The number of carbonyl (C=O) groups is 1. The molecule has 0 aromatic heterocycles. The summed E-state index contributed by atoms with van der Waals surface area (Å²) in [5.74, 6) is -0.119. The highest BCUT2D eigenvalue weighted by Gasteiger charge is 2.15. The molecule has 0 saturated carbocycles. The van der Waals surface area contributed by atoms with Gasteiger partial charge >= 0.3 is 0 Å². The van der Waals surface area contributed by atoms with Crippen molar-refractivity contribution < 1.29 is 4.79 Å². The van der Waals surface area contributed by atoms with E-state index in [1.54, 1.807) is 0 Å². The Morgan fingerprint density at radius 1 is 0.846 bits per heavy atom. The van der Waals surface area contributed by atoms with Crippen LogP contribution in [0.25, 0.3) is 11.1 Å². The molecule has 0 bridgehead atoms. The Balaban J connectivity index is 1.85. The van der Waals surface area contributed by atoms with Crippen LogP contribution in [0.15, 0.2) is 72.8 Å². The summed E-state index contributed by atoms with van der Waals surface area (Å²) in [6.07, 6.45) is 0. The molecule has 0 unspecified atom stereocenters. The summed E-state index contributed by atoms with van der Waals surface area (Å²) in [6.45, 7) is 6.47. The van der Waals surface area contributed by atoms with Crippen LogP contribution in [0.3, 0.4) is 0 Å². The Morgan fingerprint density at radius 2 is 1.46 bits per heavy atom.